The molecule has 0 spiro atoms. The third-order valence-electron chi connectivity index (χ3n) is 4.50. The highest BCUT2D eigenvalue weighted by molar-refractivity contribution is 7.83. The highest BCUT2D eigenvalue weighted by atomic mass is 32.2. The Morgan fingerprint density at radius 3 is 2.61 bits per heavy atom. The van der Waals surface area contributed by atoms with Gasteiger partial charge in [0, 0.05) is 47.7 Å². The lowest BCUT2D eigenvalue weighted by molar-refractivity contribution is 0.0474. The number of carbonyl (C=O) groups is 3. The fourth-order valence-corrected chi connectivity index (χ4v) is 3.74. The minimum Gasteiger partial charge on any atom is -0.454 e. The van der Waals surface area contributed by atoms with Gasteiger partial charge in [-0.15, -0.1) is 0 Å². The zero-order chi connectivity index (χ0) is 20.1. The fourth-order valence-electron chi connectivity index (χ4n) is 3.09. The summed E-state index contributed by atoms with van der Waals surface area (Å²) in [6.45, 7) is 1.03. The van der Waals surface area contributed by atoms with Gasteiger partial charge in [-0.1, -0.05) is 12.1 Å². The van der Waals surface area contributed by atoms with E-state index in [4.69, 9.17) is 4.74 Å². The first-order valence-electron chi connectivity index (χ1n) is 9.01. The Morgan fingerprint density at radius 1 is 1.14 bits per heavy atom. The molecule has 28 heavy (non-hydrogen) atoms. The van der Waals surface area contributed by atoms with Crippen molar-refractivity contribution in [2.24, 2.45) is 0 Å². The van der Waals surface area contributed by atoms with Crippen LogP contribution in [0.15, 0.2) is 36.5 Å². The monoisotopic (exact) mass is 402 g/mol. The van der Waals surface area contributed by atoms with Gasteiger partial charge < -0.3 is 14.6 Å². The highest BCUT2D eigenvalue weighted by Gasteiger charge is 2.22. The van der Waals surface area contributed by atoms with Crippen LogP contribution in [-0.4, -0.2) is 57.7 Å². The van der Waals surface area contributed by atoms with Gasteiger partial charge in [0.15, 0.2) is 6.61 Å². The molecule has 1 N–H and O–H groups in total. The number of hydrogen-bond acceptors (Lipinski definition) is 5. The van der Waals surface area contributed by atoms with Gasteiger partial charge in [-0.3, -0.25) is 13.8 Å². The zero-order valence-electron chi connectivity index (χ0n) is 15.6. The van der Waals surface area contributed by atoms with Gasteiger partial charge in [-0.05, 0) is 36.6 Å². The van der Waals surface area contributed by atoms with E-state index in [1.165, 1.54) is 12.3 Å². The average Bonchev–Trinajstić information content (AvgIpc) is 3.37. The number of nitrogens with zero attached hydrogens (tertiary/aromatic N) is 1. The van der Waals surface area contributed by atoms with Crippen molar-refractivity contribution >= 4 is 28.5 Å². The fraction of sp³-hybridized carbons (Fsp3) is 0.350. The third-order valence-corrected chi connectivity index (χ3v) is 5.24. The van der Waals surface area contributed by atoms with Crippen LogP contribution in [0.2, 0.25) is 0 Å². The maximum atomic E-state index is 12.3. The Kier molecular flexibility index (Phi) is 6.41. The number of amides is 1. The molecule has 3 rings (SSSR count). The number of rotatable bonds is 7. The van der Waals surface area contributed by atoms with Crippen LogP contribution in [0.3, 0.4) is 0 Å². The molecule has 1 aliphatic heterocycles. The van der Waals surface area contributed by atoms with Crippen molar-refractivity contribution in [2.45, 2.75) is 18.6 Å². The van der Waals surface area contributed by atoms with Gasteiger partial charge in [0.25, 0.3) is 5.91 Å². The Labute approximate surface area is 165 Å². The molecule has 1 aromatic heterocycles. The normalized spacial score (nSPS) is 14.7. The van der Waals surface area contributed by atoms with Gasteiger partial charge in [-0.25, -0.2) is 4.79 Å². The lowest BCUT2D eigenvalue weighted by Gasteiger charge is -2.13. The number of nitrogens with one attached hydrogen (secondary N) is 1. The van der Waals surface area contributed by atoms with E-state index in [1.807, 2.05) is 0 Å². The standard InChI is InChI=1S/C20H22N2O5S/c1-28(26)13-14-5-4-6-15(9-14)20(25)27-12-18(23)16-10-17(21-11-16)19(24)22-7-2-3-8-22/h4-6,9-11,21H,2-3,7-8,12-13H2,1H3. The molecular formula is C20H22N2O5S. The molecule has 2 aromatic rings. The molecule has 1 aliphatic rings. The van der Waals surface area contributed by atoms with E-state index in [9.17, 15) is 18.6 Å². The summed E-state index contributed by atoms with van der Waals surface area (Å²) < 4.78 is 16.4. The summed E-state index contributed by atoms with van der Waals surface area (Å²) >= 11 is 0. The number of aromatic amines is 1. The molecule has 1 atom stereocenters. The second kappa shape index (κ2) is 8.97. The van der Waals surface area contributed by atoms with Crippen LogP contribution in [0, 0.1) is 0 Å². The smallest absolute Gasteiger partial charge is 0.338 e. The first kappa shape index (κ1) is 20.0. The van der Waals surface area contributed by atoms with Crippen LogP contribution < -0.4 is 0 Å². The van der Waals surface area contributed by atoms with Crippen molar-refractivity contribution in [2.75, 3.05) is 26.0 Å². The Hall–Kier alpha value is -2.74. The van der Waals surface area contributed by atoms with Crippen molar-refractivity contribution in [3.63, 3.8) is 0 Å². The van der Waals surface area contributed by atoms with Crippen LogP contribution in [-0.2, 0) is 21.3 Å². The van der Waals surface area contributed by atoms with Gasteiger partial charge in [0.1, 0.15) is 5.69 Å². The van der Waals surface area contributed by atoms with Crippen molar-refractivity contribution in [3.8, 4) is 0 Å². The number of likely N-dealkylation sites (tertiary alicyclic amines) is 1. The van der Waals surface area contributed by atoms with Gasteiger partial charge in [0.05, 0.1) is 5.56 Å². The summed E-state index contributed by atoms with van der Waals surface area (Å²) in [6, 6.07) is 8.15. The second-order valence-electron chi connectivity index (χ2n) is 6.72. The SMILES string of the molecule is CS(=O)Cc1cccc(C(=O)OCC(=O)c2c[nH]c(C(=O)N3CCCC3)c2)c1. The van der Waals surface area contributed by atoms with E-state index in [2.05, 4.69) is 4.98 Å². The number of aromatic nitrogens is 1. The molecule has 1 unspecified atom stereocenters. The molecule has 0 aliphatic carbocycles. The molecule has 1 fully saturated rings. The maximum Gasteiger partial charge on any atom is 0.338 e. The summed E-state index contributed by atoms with van der Waals surface area (Å²) in [5.74, 6) is -0.799. The van der Waals surface area contributed by atoms with Crippen LogP contribution >= 0.6 is 0 Å². The van der Waals surface area contributed by atoms with E-state index in [0.717, 1.165) is 31.5 Å². The maximum absolute atomic E-state index is 12.3. The van der Waals surface area contributed by atoms with Gasteiger partial charge >= 0.3 is 5.97 Å². The van der Waals surface area contributed by atoms with E-state index in [0.29, 0.717) is 22.6 Å². The molecule has 0 saturated carbocycles. The molecule has 1 aromatic carbocycles. The van der Waals surface area contributed by atoms with Gasteiger partial charge in [-0.2, -0.15) is 0 Å². The Morgan fingerprint density at radius 2 is 1.89 bits per heavy atom. The lowest BCUT2D eigenvalue weighted by atomic mass is 10.1. The number of ketones is 1. The van der Waals surface area contributed by atoms with E-state index in [1.54, 1.807) is 35.4 Å². The van der Waals surface area contributed by atoms with Crippen molar-refractivity contribution in [3.05, 3.63) is 58.9 Å². The lowest BCUT2D eigenvalue weighted by Crippen LogP contribution is -2.27. The van der Waals surface area contributed by atoms with Crippen molar-refractivity contribution in [1.82, 2.24) is 9.88 Å². The van der Waals surface area contributed by atoms with Crippen LogP contribution in [0.1, 0.15) is 49.6 Å². The first-order chi connectivity index (χ1) is 13.4. The number of Topliss-reactive ketones (excluding diaryl/α,β-unsaturated/α-hetero) is 1. The van der Waals surface area contributed by atoms with Crippen LogP contribution in [0.4, 0.5) is 0 Å². The number of H-pyrrole nitrogens is 1. The first-order valence-corrected chi connectivity index (χ1v) is 10.7. The summed E-state index contributed by atoms with van der Waals surface area (Å²) in [4.78, 5) is 41.4. The number of hydrogen-bond donors (Lipinski definition) is 1. The summed E-state index contributed by atoms with van der Waals surface area (Å²) in [5.41, 5.74) is 1.72. The summed E-state index contributed by atoms with van der Waals surface area (Å²) in [6.07, 6.45) is 5.02. The molecule has 7 nitrogen and oxygen atoms in total. The Bertz CT molecular complexity index is 915. The van der Waals surface area contributed by atoms with Gasteiger partial charge in [0.2, 0.25) is 5.78 Å². The van der Waals surface area contributed by atoms with E-state index >= 15 is 0 Å². The van der Waals surface area contributed by atoms with Crippen molar-refractivity contribution in [1.29, 1.82) is 0 Å². The van der Waals surface area contributed by atoms with Crippen molar-refractivity contribution < 1.29 is 23.3 Å². The zero-order valence-corrected chi connectivity index (χ0v) is 16.4. The summed E-state index contributed by atoms with van der Waals surface area (Å²) in [7, 11) is -1.02. The quantitative estimate of drug-likeness (QED) is 0.566. The minimum absolute atomic E-state index is 0.126. The molecule has 8 heteroatoms. The number of esters is 1. The third kappa shape index (κ3) is 4.95. The molecule has 0 bridgehead atoms. The molecular weight excluding hydrogens is 380 g/mol. The molecule has 2 heterocycles. The summed E-state index contributed by atoms with van der Waals surface area (Å²) in [5, 5.41) is 0. The number of carbonyl (C=O) groups excluding carboxylic acids is 3. The topological polar surface area (TPSA) is 96.5 Å². The molecule has 1 saturated heterocycles. The van der Waals surface area contributed by atoms with Crippen LogP contribution in [0.5, 0.6) is 0 Å². The molecule has 0 radical (unpaired) electrons. The number of ether oxygens (including phenoxy) is 1. The molecule has 148 valence electrons. The average molecular weight is 402 g/mol. The highest BCUT2D eigenvalue weighted by Crippen LogP contribution is 2.14. The largest absolute Gasteiger partial charge is 0.454 e. The van der Waals surface area contributed by atoms with Crippen LogP contribution in [0.25, 0.3) is 0 Å². The minimum atomic E-state index is -1.02. The molecule has 1 amide bonds. The number of benzene rings is 1. The van der Waals surface area contributed by atoms with E-state index in [-0.39, 0.29) is 5.91 Å². The second-order valence-corrected chi connectivity index (χ2v) is 8.15. The Balaban J connectivity index is 1.57. The predicted octanol–water partition coefficient (Wildman–Crippen LogP) is 2.17. The van der Waals surface area contributed by atoms with E-state index < -0.39 is 29.2 Å². The predicted molar refractivity (Wildman–Crippen MR) is 105 cm³/mol.